The predicted molar refractivity (Wildman–Crippen MR) is 71.9 cm³/mol. The van der Waals surface area contributed by atoms with Crippen molar-refractivity contribution in [1.29, 1.82) is 0 Å². The van der Waals surface area contributed by atoms with Crippen molar-refractivity contribution in [3.05, 3.63) is 23.7 Å². The molecule has 2 aliphatic heterocycles. The van der Waals surface area contributed by atoms with Crippen LogP contribution >= 0.6 is 0 Å². The average Bonchev–Trinajstić information content (AvgIpc) is 3.07. The van der Waals surface area contributed by atoms with Crippen molar-refractivity contribution in [3.63, 3.8) is 0 Å². The van der Waals surface area contributed by atoms with Gasteiger partial charge in [0.15, 0.2) is 0 Å². The zero-order chi connectivity index (χ0) is 13.3. The Labute approximate surface area is 114 Å². The predicted octanol–water partition coefficient (Wildman–Crippen LogP) is 2.43. The average molecular weight is 265 g/mol. The van der Waals surface area contributed by atoms with E-state index in [0.29, 0.717) is 5.92 Å². The van der Waals surface area contributed by atoms with Crippen LogP contribution in [0.3, 0.4) is 0 Å². The fourth-order valence-corrected chi connectivity index (χ4v) is 3.42. The monoisotopic (exact) mass is 265 g/mol. The van der Waals surface area contributed by atoms with Gasteiger partial charge in [-0.15, -0.1) is 0 Å². The van der Waals surface area contributed by atoms with Gasteiger partial charge in [-0.1, -0.05) is 6.92 Å². The number of aryl methyl sites for hydroxylation is 1. The van der Waals surface area contributed by atoms with E-state index in [2.05, 4.69) is 6.92 Å². The number of rotatable bonds is 3. The zero-order valence-electron chi connectivity index (χ0n) is 11.6. The number of hydrogen-bond acceptors (Lipinski definition) is 4. The molecule has 1 spiro atoms. The standard InChI is InChI=1S/C15H23NO3/c1-2-13-12(4-6-18-13)14(16)11-3-7-19-15(9-11)5-8-17-10-15/h4,6,11,14H,2-3,5,7-10,16H2,1H3. The molecule has 0 aromatic carbocycles. The Morgan fingerprint density at radius 2 is 2.37 bits per heavy atom. The van der Waals surface area contributed by atoms with Gasteiger partial charge in [0.1, 0.15) is 5.76 Å². The molecule has 3 unspecified atom stereocenters. The van der Waals surface area contributed by atoms with Gasteiger partial charge in [-0.25, -0.2) is 0 Å². The molecule has 0 saturated carbocycles. The van der Waals surface area contributed by atoms with E-state index in [1.165, 1.54) is 5.56 Å². The molecule has 2 fully saturated rings. The molecular weight excluding hydrogens is 242 g/mol. The van der Waals surface area contributed by atoms with Gasteiger partial charge >= 0.3 is 0 Å². The highest BCUT2D eigenvalue weighted by molar-refractivity contribution is 5.22. The first kappa shape index (κ1) is 13.2. The third kappa shape index (κ3) is 2.45. The minimum atomic E-state index is -0.0728. The highest BCUT2D eigenvalue weighted by Crippen LogP contribution is 2.40. The Morgan fingerprint density at radius 3 is 3.11 bits per heavy atom. The molecule has 19 heavy (non-hydrogen) atoms. The quantitative estimate of drug-likeness (QED) is 0.912. The Morgan fingerprint density at radius 1 is 1.47 bits per heavy atom. The summed E-state index contributed by atoms with van der Waals surface area (Å²) in [6, 6.07) is 2.08. The summed E-state index contributed by atoms with van der Waals surface area (Å²) in [6.07, 6.45) is 5.68. The fourth-order valence-electron chi connectivity index (χ4n) is 3.42. The van der Waals surface area contributed by atoms with Crippen molar-refractivity contribution in [1.82, 2.24) is 0 Å². The Balaban J connectivity index is 1.74. The van der Waals surface area contributed by atoms with Gasteiger partial charge in [-0.05, 0) is 24.8 Å². The maximum Gasteiger partial charge on any atom is 0.108 e. The van der Waals surface area contributed by atoms with E-state index in [9.17, 15) is 0 Å². The molecule has 0 bridgehead atoms. The van der Waals surface area contributed by atoms with E-state index in [0.717, 1.165) is 51.3 Å². The van der Waals surface area contributed by atoms with Crippen LogP contribution in [0.25, 0.3) is 0 Å². The second kappa shape index (κ2) is 5.27. The highest BCUT2D eigenvalue weighted by Gasteiger charge is 2.42. The van der Waals surface area contributed by atoms with E-state index >= 15 is 0 Å². The first-order chi connectivity index (χ1) is 9.24. The largest absolute Gasteiger partial charge is 0.469 e. The van der Waals surface area contributed by atoms with Crippen LogP contribution in [0.5, 0.6) is 0 Å². The SMILES string of the molecule is CCc1occc1C(N)C1CCOC2(CCOC2)C1. The van der Waals surface area contributed by atoms with Crippen LogP contribution in [0.2, 0.25) is 0 Å². The number of nitrogens with two attached hydrogens (primary N) is 1. The van der Waals surface area contributed by atoms with Crippen LogP contribution in [0.15, 0.2) is 16.7 Å². The first-order valence-corrected chi connectivity index (χ1v) is 7.28. The summed E-state index contributed by atoms with van der Waals surface area (Å²) in [7, 11) is 0. The lowest BCUT2D eigenvalue weighted by molar-refractivity contribution is -0.101. The molecule has 4 heteroatoms. The smallest absolute Gasteiger partial charge is 0.108 e. The van der Waals surface area contributed by atoms with Crippen LogP contribution in [0, 0.1) is 5.92 Å². The van der Waals surface area contributed by atoms with Crippen molar-refractivity contribution < 1.29 is 13.9 Å². The molecule has 0 radical (unpaired) electrons. The molecule has 3 heterocycles. The second-order valence-corrected chi connectivity index (χ2v) is 5.77. The van der Waals surface area contributed by atoms with Gasteiger partial charge in [0, 0.05) is 37.7 Å². The van der Waals surface area contributed by atoms with Crippen molar-refractivity contribution >= 4 is 0 Å². The maximum atomic E-state index is 6.49. The van der Waals surface area contributed by atoms with Crippen molar-refractivity contribution in [2.24, 2.45) is 11.7 Å². The number of furan rings is 1. The molecule has 2 N–H and O–H groups in total. The van der Waals surface area contributed by atoms with Crippen molar-refractivity contribution in [2.75, 3.05) is 19.8 Å². The van der Waals surface area contributed by atoms with E-state index < -0.39 is 0 Å². The lowest BCUT2D eigenvalue weighted by Crippen LogP contribution is -2.43. The molecule has 1 aromatic heterocycles. The Bertz CT molecular complexity index is 423. The summed E-state index contributed by atoms with van der Waals surface area (Å²) >= 11 is 0. The van der Waals surface area contributed by atoms with Gasteiger partial charge in [-0.2, -0.15) is 0 Å². The molecule has 2 aliphatic rings. The van der Waals surface area contributed by atoms with Crippen molar-refractivity contribution in [3.8, 4) is 0 Å². The summed E-state index contributed by atoms with van der Waals surface area (Å²) in [6.45, 7) is 4.43. The minimum Gasteiger partial charge on any atom is -0.469 e. The summed E-state index contributed by atoms with van der Waals surface area (Å²) in [5.41, 5.74) is 7.58. The summed E-state index contributed by atoms with van der Waals surface area (Å²) in [5.74, 6) is 1.48. The molecule has 3 rings (SSSR count). The van der Waals surface area contributed by atoms with Gasteiger partial charge in [0.2, 0.25) is 0 Å². The van der Waals surface area contributed by atoms with Gasteiger partial charge in [-0.3, -0.25) is 0 Å². The summed E-state index contributed by atoms with van der Waals surface area (Å²) in [4.78, 5) is 0. The Kier molecular flexibility index (Phi) is 3.65. The normalized spacial score (nSPS) is 32.8. The van der Waals surface area contributed by atoms with E-state index in [-0.39, 0.29) is 11.6 Å². The Hall–Kier alpha value is -0.840. The topological polar surface area (TPSA) is 57.6 Å². The lowest BCUT2D eigenvalue weighted by atomic mass is 9.79. The van der Waals surface area contributed by atoms with Gasteiger partial charge in [0.05, 0.1) is 18.5 Å². The van der Waals surface area contributed by atoms with Crippen LogP contribution < -0.4 is 5.73 Å². The molecule has 4 nitrogen and oxygen atoms in total. The second-order valence-electron chi connectivity index (χ2n) is 5.77. The molecule has 106 valence electrons. The fraction of sp³-hybridized carbons (Fsp3) is 0.733. The third-order valence-corrected chi connectivity index (χ3v) is 4.57. The third-order valence-electron chi connectivity index (χ3n) is 4.57. The van der Waals surface area contributed by atoms with E-state index in [1.54, 1.807) is 6.26 Å². The minimum absolute atomic E-state index is 0.0510. The molecular formula is C15H23NO3. The van der Waals surface area contributed by atoms with E-state index in [1.807, 2.05) is 6.07 Å². The van der Waals surface area contributed by atoms with Crippen LogP contribution in [0.4, 0.5) is 0 Å². The lowest BCUT2D eigenvalue weighted by Gasteiger charge is -2.39. The van der Waals surface area contributed by atoms with Crippen LogP contribution in [-0.2, 0) is 15.9 Å². The summed E-state index contributed by atoms with van der Waals surface area (Å²) in [5, 5.41) is 0. The van der Waals surface area contributed by atoms with Gasteiger partial charge in [0.25, 0.3) is 0 Å². The molecule has 0 aliphatic carbocycles. The zero-order valence-corrected chi connectivity index (χ0v) is 11.6. The van der Waals surface area contributed by atoms with Crippen LogP contribution in [-0.4, -0.2) is 25.4 Å². The van der Waals surface area contributed by atoms with E-state index in [4.69, 9.17) is 19.6 Å². The number of ether oxygens (including phenoxy) is 2. The molecule has 1 aromatic rings. The number of hydrogen-bond donors (Lipinski definition) is 1. The maximum absolute atomic E-state index is 6.49. The van der Waals surface area contributed by atoms with Gasteiger partial charge < -0.3 is 19.6 Å². The molecule has 2 saturated heterocycles. The summed E-state index contributed by atoms with van der Waals surface area (Å²) < 4.78 is 17.0. The first-order valence-electron chi connectivity index (χ1n) is 7.28. The van der Waals surface area contributed by atoms with Crippen molar-refractivity contribution in [2.45, 2.75) is 44.2 Å². The highest BCUT2D eigenvalue weighted by atomic mass is 16.6. The van der Waals surface area contributed by atoms with Crippen LogP contribution in [0.1, 0.15) is 43.6 Å². The molecule has 3 atom stereocenters. The molecule has 0 amide bonds.